The van der Waals surface area contributed by atoms with Gasteiger partial charge in [0, 0.05) is 10.6 Å². The second-order valence-electron chi connectivity index (χ2n) is 3.50. The molecule has 0 aliphatic carbocycles. The number of nitrogens with zero attached hydrogens (tertiary/aromatic N) is 2. The van der Waals surface area contributed by atoms with Crippen LogP contribution in [0.5, 0.6) is 0 Å². The molecule has 0 saturated heterocycles. The molecule has 2 rings (SSSR count). The van der Waals surface area contributed by atoms with E-state index in [0.29, 0.717) is 11.5 Å². The van der Waals surface area contributed by atoms with Gasteiger partial charge in [-0.1, -0.05) is 12.2 Å². The van der Waals surface area contributed by atoms with E-state index in [1.54, 1.807) is 24.2 Å². The van der Waals surface area contributed by atoms with E-state index in [0.717, 1.165) is 5.69 Å². The van der Waals surface area contributed by atoms with E-state index < -0.39 is 0 Å². The van der Waals surface area contributed by atoms with Crippen LogP contribution in [-0.2, 0) is 0 Å². The molecular formula is C12H12N4S2. The number of thiocarbonyl (C=S) groups is 1. The van der Waals surface area contributed by atoms with Gasteiger partial charge in [-0.2, -0.15) is 0 Å². The van der Waals surface area contributed by atoms with Crippen molar-refractivity contribution in [1.82, 2.24) is 9.97 Å². The summed E-state index contributed by atoms with van der Waals surface area (Å²) in [6.07, 6.45) is 5.21. The lowest BCUT2D eigenvalue weighted by atomic mass is 10.3. The summed E-state index contributed by atoms with van der Waals surface area (Å²) < 4.78 is 0. The van der Waals surface area contributed by atoms with E-state index in [9.17, 15) is 0 Å². The molecule has 6 heteroatoms. The Balaban J connectivity index is 2.10. The van der Waals surface area contributed by atoms with Crippen molar-refractivity contribution in [3.05, 3.63) is 42.4 Å². The van der Waals surface area contributed by atoms with Crippen molar-refractivity contribution < 1.29 is 0 Å². The molecular weight excluding hydrogens is 264 g/mol. The number of hydrogen-bond donors (Lipinski definition) is 2. The first-order chi connectivity index (χ1) is 8.69. The molecule has 0 unspecified atom stereocenters. The van der Waals surface area contributed by atoms with Crippen molar-refractivity contribution in [2.24, 2.45) is 5.73 Å². The summed E-state index contributed by atoms with van der Waals surface area (Å²) in [7, 11) is 0. The molecule has 3 N–H and O–H groups in total. The normalized spacial score (nSPS) is 10.1. The fraction of sp³-hybridized carbons (Fsp3) is 0.0833. The second-order valence-corrected chi connectivity index (χ2v) is 4.82. The highest BCUT2D eigenvalue weighted by atomic mass is 32.2. The molecule has 1 heterocycles. The fourth-order valence-electron chi connectivity index (χ4n) is 1.34. The van der Waals surface area contributed by atoms with Crippen molar-refractivity contribution >= 4 is 40.5 Å². The van der Waals surface area contributed by atoms with Crippen LogP contribution in [-0.4, -0.2) is 21.2 Å². The minimum Gasteiger partial charge on any atom is -0.388 e. The van der Waals surface area contributed by atoms with Gasteiger partial charge in [-0.25, -0.2) is 9.97 Å². The van der Waals surface area contributed by atoms with Crippen molar-refractivity contribution in [3.8, 4) is 0 Å². The van der Waals surface area contributed by atoms with Crippen LogP contribution in [0.4, 0.5) is 11.5 Å². The number of nitrogens with two attached hydrogens (primary N) is 1. The molecule has 0 aliphatic rings. The first-order valence-corrected chi connectivity index (χ1v) is 6.85. The molecule has 0 atom stereocenters. The van der Waals surface area contributed by atoms with Crippen molar-refractivity contribution in [2.75, 3.05) is 11.6 Å². The van der Waals surface area contributed by atoms with Gasteiger partial charge in [0.25, 0.3) is 0 Å². The minimum absolute atomic E-state index is 0.248. The highest BCUT2D eigenvalue weighted by molar-refractivity contribution is 7.98. The van der Waals surface area contributed by atoms with Crippen LogP contribution in [0, 0.1) is 0 Å². The van der Waals surface area contributed by atoms with E-state index in [1.165, 1.54) is 4.90 Å². The maximum atomic E-state index is 5.45. The smallest absolute Gasteiger partial charge is 0.148 e. The predicted molar refractivity (Wildman–Crippen MR) is 79.4 cm³/mol. The summed E-state index contributed by atoms with van der Waals surface area (Å²) in [4.78, 5) is 9.77. The molecule has 1 aromatic heterocycles. The van der Waals surface area contributed by atoms with E-state index in [-0.39, 0.29) is 4.99 Å². The lowest BCUT2D eigenvalue weighted by molar-refractivity contribution is 1.18. The monoisotopic (exact) mass is 276 g/mol. The van der Waals surface area contributed by atoms with Crippen LogP contribution in [0.3, 0.4) is 0 Å². The van der Waals surface area contributed by atoms with E-state index >= 15 is 0 Å². The van der Waals surface area contributed by atoms with Crippen molar-refractivity contribution in [2.45, 2.75) is 4.90 Å². The number of hydrogen-bond acceptors (Lipinski definition) is 5. The standard InChI is InChI=1S/C12H12N4S2/c1-18-9-4-2-8(3-5-9)16-11-7-14-10(6-15-11)12(13)17/h2-7H,1H3,(H2,13,17)(H,15,16). The summed E-state index contributed by atoms with van der Waals surface area (Å²) in [5.74, 6) is 0.659. The summed E-state index contributed by atoms with van der Waals surface area (Å²) in [5.41, 5.74) is 6.94. The van der Waals surface area contributed by atoms with Crippen LogP contribution >= 0.6 is 24.0 Å². The molecule has 0 aliphatic heterocycles. The number of nitrogens with one attached hydrogen (secondary N) is 1. The maximum Gasteiger partial charge on any atom is 0.148 e. The fourth-order valence-corrected chi connectivity index (χ4v) is 1.86. The van der Waals surface area contributed by atoms with Gasteiger partial charge in [0.2, 0.25) is 0 Å². The van der Waals surface area contributed by atoms with Gasteiger partial charge < -0.3 is 11.1 Å². The maximum absolute atomic E-state index is 5.45. The molecule has 0 radical (unpaired) electrons. The summed E-state index contributed by atoms with van der Waals surface area (Å²) in [5, 5.41) is 3.15. The molecule has 0 bridgehead atoms. The zero-order valence-electron chi connectivity index (χ0n) is 9.75. The quantitative estimate of drug-likeness (QED) is 0.661. The Morgan fingerprint density at radius 1 is 1.22 bits per heavy atom. The number of benzene rings is 1. The molecule has 4 nitrogen and oxygen atoms in total. The minimum atomic E-state index is 0.248. The van der Waals surface area contributed by atoms with Gasteiger partial charge in [-0.15, -0.1) is 11.8 Å². The van der Waals surface area contributed by atoms with Crippen LogP contribution in [0.2, 0.25) is 0 Å². The summed E-state index contributed by atoms with van der Waals surface area (Å²) in [6.45, 7) is 0. The zero-order valence-corrected chi connectivity index (χ0v) is 11.4. The first kappa shape index (κ1) is 12.8. The Bertz CT molecular complexity index is 537. The number of rotatable bonds is 4. The van der Waals surface area contributed by atoms with Gasteiger partial charge in [0.15, 0.2) is 0 Å². The van der Waals surface area contributed by atoms with Crippen LogP contribution in [0.1, 0.15) is 5.69 Å². The third-order valence-corrected chi connectivity index (χ3v) is 3.22. The second kappa shape index (κ2) is 5.79. The van der Waals surface area contributed by atoms with Crippen molar-refractivity contribution in [3.63, 3.8) is 0 Å². The molecule has 92 valence electrons. The SMILES string of the molecule is CSc1ccc(Nc2cnc(C(N)=S)cn2)cc1. The zero-order chi connectivity index (χ0) is 13.0. The Hall–Kier alpha value is -1.66. The highest BCUT2D eigenvalue weighted by Crippen LogP contribution is 2.19. The van der Waals surface area contributed by atoms with Gasteiger partial charge in [0.05, 0.1) is 12.4 Å². The third kappa shape index (κ3) is 3.18. The Morgan fingerprint density at radius 2 is 1.94 bits per heavy atom. The van der Waals surface area contributed by atoms with Crippen LogP contribution in [0.15, 0.2) is 41.6 Å². The molecule has 0 amide bonds. The highest BCUT2D eigenvalue weighted by Gasteiger charge is 2.00. The van der Waals surface area contributed by atoms with Gasteiger partial charge in [0.1, 0.15) is 16.5 Å². The van der Waals surface area contributed by atoms with Crippen molar-refractivity contribution in [1.29, 1.82) is 0 Å². The Kier molecular flexibility index (Phi) is 4.11. The Morgan fingerprint density at radius 3 is 2.44 bits per heavy atom. The summed E-state index contributed by atoms with van der Waals surface area (Å²) in [6, 6.07) is 8.08. The van der Waals surface area contributed by atoms with Gasteiger partial charge in [-0.05, 0) is 30.5 Å². The van der Waals surface area contributed by atoms with E-state index in [1.807, 2.05) is 30.5 Å². The van der Waals surface area contributed by atoms with E-state index in [4.69, 9.17) is 18.0 Å². The molecule has 18 heavy (non-hydrogen) atoms. The largest absolute Gasteiger partial charge is 0.388 e. The number of aromatic nitrogens is 2. The third-order valence-electron chi connectivity index (χ3n) is 2.27. The predicted octanol–water partition coefficient (Wildman–Crippen LogP) is 2.58. The Labute approximate surface area is 115 Å². The summed E-state index contributed by atoms with van der Waals surface area (Å²) >= 11 is 6.52. The lowest BCUT2D eigenvalue weighted by Crippen LogP contribution is -2.12. The topological polar surface area (TPSA) is 63.8 Å². The first-order valence-electron chi connectivity index (χ1n) is 5.22. The van der Waals surface area contributed by atoms with Gasteiger partial charge >= 0.3 is 0 Å². The van der Waals surface area contributed by atoms with Crippen LogP contribution in [0.25, 0.3) is 0 Å². The van der Waals surface area contributed by atoms with E-state index in [2.05, 4.69) is 15.3 Å². The number of anilines is 2. The lowest BCUT2D eigenvalue weighted by Gasteiger charge is -2.06. The molecule has 2 aromatic rings. The molecule has 0 spiro atoms. The molecule has 0 fully saturated rings. The average molecular weight is 276 g/mol. The molecule has 0 saturated carbocycles. The average Bonchev–Trinajstić information content (AvgIpc) is 2.40. The number of thioether (sulfide) groups is 1. The van der Waals surface area contributed by atoms with Crippen LogP contribution < -0.4 is 11.1 Å². The molecule has 1 aromatic carbocycles. The van der Waals surface area contributed by atoms with Gasteiger partial charge in [-0.3, -0.25) is 0 Å².